The standard InChI is InChI=1S/C22H17N5O5S/c28-20(2-1-9-26-18-8-7-16(27(30)31)12-19(18)32-22(26)29)23-15-5-3-14(4-6-15)17-13-25-10-11-33-21(25)24-17/h3-8,10-13H,1-2,9H2,(H,23,28). The zero-order valence-electron chi connectivity index (χ0n) is 17.1. The third-order valence-electron chi connectivity index (χ3n) is 5.21. The van der Waals surface area contributed by atoms with Crippen molar-refractivity contribution in [3.05, 3.63) is 80.9 Å². The first kappa shape index (κ1) is 20.6. The van der Waals surface area contributed by atoms with Crippen molar-refractivity contribution >= 4 is 44.7 Å². The molecule has 1 N–H and O–H groups in total. The molecule has 0 spiro atoms. The van der Waals surface area contributed by atoms with Crippen molar-refractivity contribution in [3.8, 4) is 11.3 Å². The molecule has 0 aliphatic carbocycles. The van der Waals surface area contributed by atoms with Crippen LogP contribution in [0.3, 0.4) is 0 Å². The van der Waals surface area contributed by atoms with Gasteiger partial charge in [0.15, 0.2) is 10.5 Å². The summed E-state index contributed by atoms with van der Waals surface area (Å²) in [5.74, 6) is -0.789. The second kappa shape index (κ2) is 8.36. The number of carbonyl (C=O) groups is 1. The minimum atomic E-state index is -0.611. The number of rotatable bonds is 7. The van der Waals surface area contributed by atoms with Crippen LogP contribution >= 0.6 is 11.3 Å². The molecule has 0 radical (unpaired) electrons. The average molecular weight is 463 g/mol. The number of benzene rings is 2. The summed E-state index contributed by atoms with van der Waals surface area (Å²) in [5.41, 5.74) is 2.94. The van der Waals surface area contributed by atoms with Crippen LogP contribution in [0.4, 0.5) is 11.4 Å². The summed E-state index contributed by atoms with van der Waals surface area (Å²) in [7, 11) is 0. The molecule has 10 nitrogen and oxygen atoms in total. The number of non-ortho nitro benzene ring substituents is 1. The molecule has 3 aromatic heterocycles. The summed E-state index contributed by atoms with van der Waals surface area (Å²) in [4.78, 5) is 40.2. The summed E-state index contributed by atoms with van der Waals surface area (Å²) < 4.78 is 8.44. The van der Waals surface area contributed by atoms with Gasteiger partial charge < -0.3 is 9.73 Å². The molecule has 1 amide bonds. The van der Waals surface area contributed by atoms with Gasteiger partial charge in [-0.3, -0.25) is 23.9 Å². The molecule has 3 heterocycles. The lowest BCUT2D eigenvalue weighted by Gasteiger charge is -2.06. The van der Waals surface area contributed by atoms with Crippen molar-refractivity contribution in [3.63, 3.8) is 0 Å². The molecule has 2 aromatic carbocycles. The number of fused-ring (bicyclic) bond motifs is 2. The van der Waals surface area contributed by atoms with E-state index >= 15 is 0 Å². The van der Waals surface area contributed by atoms with E-state index in [4.69, 9.17) is 4.42 Å². The second-order valence-electron chi connectivity index (χ2n) is 7.38. The number of nitro groups is 1. The minimum Gasteiger partial charge on any atom is -0.407 e. The predicted octanol–water partition coefficient (Wildman–Crippen LogP) is 4.30. The lowest BCUT2D eigenvalue weighted by atomic mass is 10.1. The molecule has 0 aliphatic heterocycles. The molecule has 0 bridgehead atoms. The fourth-order valence-corrected chi connectivity index (χ4v) is 4.29. The van der Waals surface area contributed by atoms with Gasteiger partial charge in [-0.25, -0.2) is 9.78 Å². The molecule has 0 aliphatic rings. The van der Waals surface area contributed by atoms with Crippen LogP contribution in [0.2, 0.25) is 0 Å². The van der Waals surface area contributed by atoms with Crippen LogP contribution in [0.15, 0.2) is 69.5 Å². The number of carbonyl (C=O) groups excluding carboxylic acids is 1. The van der Waals surface area contributed by atoms with Crippen LogP contribution in [0.1, 0.15) is 12.8 Å². The maximum absolute atomic E-state index is 12.3. The lowest BCUT2D eigenvalue weighted by molar-refractivity contribution is -0.384. The van der Waals surface area contributed by atoms with Crippen molar-refractivity contribution < 1.29 is 14.1 Å². The first-order valence-electron chi connectivity index (χ1n) is 10.1. The quantitative estimate of drug-likeness (QED) is 0.283. The van der Waals surface area contributed by atoms with E-state index in [9.17, 15) is 19.7 Å². The number of thiazole rings is 1. The molecule has 0 saturated heterocycles. The molecule has 0 unspecified atom stereocenters. The number of nitrogens with one attached hydrogen (secondary N) is 1. The molecule has 166 valence electrons. The lowest BCUT2D eigenvalue weighted by Crippen LogP contribution is -2.17. The van der Waals surface area contributed by atoms with Gasteiger partial charge in [0, 0.05) is 48.1 Å². The molecular formula is C22H17N5O5S. The summed E-state index contributed by atoms with van der Waals surface area (Å²) >= 11 is 1.56. The molecule has 0 fully saturated rings. The Labute approximate surface area is 189 Å². The Morgan fingerprint density at radius 3 is 2.79 bits per heavy atom. The van der Waals surface area contributed by atoms with Gasteiger partial charge in [0.1, 0.15) is 0 Å². The Kier molecular flexibility index (Phi) is 5.23. The first-order chi connectivity index (χ1) is 16.0. The number of oxazole rings is 1. The molecule has 33 heavy (non-hydrogen) atoms. The molecule has 5 rings (SSSR count). The van der Waals surface area contributed by atoms with Crippen molar-refractivity contribution in [2.45, 2.75) is 19.4 Å². The number of aryl methyl sites for hydroxylation is 1. The first-order valence-corrected chi connectivity index (χ1v) is 11.0. The maximum Gasteiger partial charge on any atom is 0.419 e. The van der Waals surface area contributed by atoms with Crippen LogP contribution in [-0.4, -0.2) is 24.8 Å². The van der Waals surface area contributed by atoms with Crippen LogP contribution in [0.5, 0.6) is 0 Å². The van der Waals surface area contributed by atoms with E-state index in [2.05, 4.69) is 10.3 Å². The van der Waals surface area contributed by atoms with E-state index in [0.717, 1.165) is 16.2 Å². The van der Waals surface area contributed by atoms with E-state index in [0.29, 0.717) is 17.6 Å². The van der Waals surface area contributed by atoms with Gasteiger partial charge in [0.05, 0.1) is 22.2 Å². The van der Waals surface area contributed by atoms with E-state index in [1.54, 1.807) is 11.3 Å². The minimum absolute atomic E-state index is 0.149. The zero-order valence-corrected chi connectivity index (χ0v) is 17.9. The van der Waals surface area contributed by atoms with Crippen LogP contribution < -0.4 is 11.1 Å². The van der Waals surface area contributed by atoms with E-state index < -0.39 is 10.7 Å². The van der Waals surface area contributed by atoms with E-state index in [-0.39, 0.29) is 30.1 Å². The average Bonchev–Trinajstić information content (AvgIpc) is 3.47. The van der Waals surface area contributed by atoms with Crippen molar-refractivity contribution in [2.24, 2.45) is 0 Å². The third-order valence-corrected chi connectivity index (χ3v) is 5.98. The Balaban J connectivity index is 1.19. The maximum atomic E-state index is 12.3. The van der Waals surface area contributed by atoms with Gasteiger partial charge in [-0.1, -0.05) is 12.1 Å². The Morgan fingerprint density at radius 2 is 2.03 bits per heavy atom. The Hall–Kier alpha value is -4.25. The number of nitrogens with zero attached hydrogens (tertiary/aromatic N) is 4. The van der Waals surface area contributed by atoms with Gasteiger partial charge >= 0.3 is 5.76 Å². The van der Waals surface area contributed by atoms with Gasteiger partial charge in [-0.15, -0.1) is 11.3 Å². The van der Waals surface area contributed by atoms with Gasteiger partial charge in [-0.2, -0.15) is 0 Å². The highest BCUT2D eigenvalue weighted by molar-refractivity contribution is 7.15. The number of hydrogen-bond acceptors (Lipinski definition) is 7. The third kappa shape index (κ3) is 4.13. The zero-order chi connectivity index (χ0) is 22.9. The van der Waals surface area contributed by atoms with Crippen LogP contribution in [-0.2, 0) is 11.3 Å². The van der Waals surface area contributed by atoms with Gasteiger partial charge in [-0.05, 0) is 24.6 Å². The molecular weight excluding hydrogens is 446 g/mol. The highest BCUT2D eigenvalue weighted by Gasteiger charge is 2.14. The van der Waals surface area contributed by atoms with Crippen molar-refractivity contribution in [1.29, 1.82) is 0 Å². The monoisotopic (exact) mass is 463 g/mol. The molecule has 0 saturated carbocycles. The number of amides is 1. The van der Waals surface area contributed by atoms with Crippen molar-refractivity contribution in [1.82, 2.24) is 14.0 Å². The summed E-state index contributed by atoms with van der Waals surface area (Å²) in [6.45, 7) is 0.257. The Bertz CT molecular complexity index is 1510. The number of aromatic nitrogens is 3. The largest absolute Gasteiger partial charge is 0.419 e. The fraction of sp³-hybridized carbons (Fsp3) is 0.136. The SMILES string of the molecule is O=C(CCCn1c(=O)oc2cc([N+](=O)[O-])ccc21)Nc1ccc(-c2cn3ccsc3n2)cc1. The summed E-state index contributed by atoms with van der Waals surface area (Å²) in [6.07, 6.45) is 4.51. The summed E-state index contributed by atoms with van der Waals surface area (Å²) in [6, 6.07) is 11.5. The highest BCUT2D eigenvalue weighted by atomic mass is 32.1. The van der Waals surface area contributed by atoms with E-state index in [1.165, 1.54) is 22.8 Å². The number of anilines is 1. The smallest absolute Gasteiger partial charge is 0.407 e. The summed E-state index contributed by atoms with van der Waals surface area (Å²) in [5, 5.41) is 15.7. The predicted molar refractivity (Wildman–Crippen MR) is 123 cm³/mol. The molecule has 0 atom stereocenters. The van der Waals surface area contributed by atoms with Gasteiger partial charge in [0.2, 0.25) is 5.91 Å². The van der Waals surface area contributed by atoms with Crippen LogP contribution in [0, 0.1) is 10.1 Å². The number of hydrogen-bond donors (Lipinski definition) is 1. The number of imidazole rings is 1. The molecule has 5 aromatic rings. The van der Waals surface area contributed by atoms with E-state index in [1.807, 2.05) is 46.4 Å². The highest BCUT2D eigenvalue weighted by Crippen LogP contribution is 2.23. The molecule has 11 heteroatoms. The van der Waals surface area contributed by atoms with Crippen LogP contribution in [0.25, 0.3) is 27.3 Å². The topological polar surface area (TPSA) is 125 Å². The Morgan fingerprint density at radius 1 is 1.21 bits per heavy atom. The number of nitro benzene ring substituents is 1. The van der Waals surface area contributed by atoms with Gasteiger partial charge in [0.25, 0.3) is 5.69 Å². The normalized spacial score (nSPS) is 11.3. The van der Waals surface area contributed by atoms with Crippen molar-refractivity contribution in [2.75, 3.05) is 5.32 Å². The fourth-order valence-electron chi connectivity index (χ4n) is 3.59. The second-order valence-corrected chi connectivity index (χ2v) is 8.25.